The molecule has 6 nitrogen and oxygen atoms in total. The second kappa shape index (κ2) is 6.64. The topological polar surface area (TPSA) is 61.9 Å². The highest BCUT2D eigenvalue weighted by Gasteiger charge is 2.44. The minimum Gasteiger partial charge on any atom is -0.381 e. The Hall–Kier alpha value is -1.30. The first-order valence-corrected chi connectivity index (χ1v) is 7.92. The Morgan fingerprint density at radius 3 is 2.62 bits per heavy atom. The molecule has 0 atom stereocenters. The number of carbonyl (C=O) groups is 2. The largest absolute Gasteiger partial charge is 0.381 e. The van der Waals surface area contributed by atoms with E-state index in [4.69, 9.17) is 4.74 Å². The normalized spacial score (nSPS) is 22.6. The molecule has 1 spiro atoms. The van der Waals surface area contributed by atoms with E-state index in [9.17, 15) is 9.59 Å². The van der Waals surface area contributed by atoms with Crippen molar-refractivity contribution < 1.29 is 14.3 Å². The minimum absolute atomic E-state index is 0.0679. The molecule has 0 aromatic carbocycles. The summed E-state index contributed by atoms with van der Waals surface area (Å²) in [6.07, 6.45) is 2.01. The molecule has 1 N–H and O–H groups in total. The van der Waals surface area contributed by atoms with Crippen LogP contribution in [0.1, 0.15) is 40.0 Å². The van der Waals surface area contributed by atoms with Gasteiger partial charge < -0.3 is 19.9 Å². The summed E-state index contributed by atoms with van der Waals surface area (Å²) in [4.78, 5) is 28.6. The Bertz CT molecular complexity index is 392. The van der Waals surface area contributed by atoms with Crippen LogP contribution in [-0.4, -0.2) is 66.2 Å². The molecule has 2 rings (SSSR count). The van der Waals surface area contributed by atoms with Gasteiger partial charge in [0.15, 0.2) is 0 Å². The first kappa shape index (κ1) is 16.1. The average Bonchev–Trinajstić information content (AvgIpc) is 2.56. The molecule has 120 valence electrons. The third kappa shape index (κ3) is 3.48. The molecule has 0 radical (unpaired) electrons. The molecule has 0 bridgehead atoms. The van der Waals surface area contributed by atoms with Gasteiger partial charge >= 0.3 is 6.03 Å². The third-order valence-electron chi connectivity index (χ3n) is 4.39. The molecule has 0 saturated carbocycles. The van der Waals surface area contributed by atoms with Gasteiger partial charge in [-0.1, -0.05) is 0 Å². The van der Waals surface area contributed by atoms with Crippen molar-refractivity contribution in [2.75, 3.05) is 32.8 Å². The summed E-state index contributed by atoms with van der Waals surface area (Å²) in [6.45, 7) is 9.02. The smallest absolute Gasteiger partial charge is 0.317 e. The Kier molecular flexibility index (Phi) is 5.08. The van der Waals surface area contributed by atoms with Crippen LogP contribution in [0.4, 0.5) is 4.79 Å². The molecule has 2 saturated heterocycles. The van der Waals surface area contributed by atoms with Crippen LogP contribution in [-0.2, 0) is 9.53 Å². The van der Waals surface area contributed by atoms with Gasteiger partial charge in [0.2, 0.25) is 5.91 Å². The Morgan fingerprint density at radius 2 is 2.05 bits per heavy atom. The van der Waals surface area contributed by atoms with Crippen molar-refractivity contribution in [2.24, 2.45) is 0 Å². The van der Waals surface area contributed by atoms with E-state index >= 15 is 0 Å². The Balaban J connectivity index is 2.21. The van der Waals surface area contributed by atoms with Crippen LogP contribution in [0.5, 0.6) is 0 Å². The van der Waals surface area contributed by atoms with E-state index in [0.717, 1.165) is 12.8 Å². The van der Waals surface area contributed by atoms with Crippen LogP contribution in [0.15, 0.2) is 0 Å². The van der Waals surface area contributed by atoms with Crippen molar-refractivity contribution in [3.05, 3.63) is 0 Å². The fraction of sp³-hybridized carbons (Fsp3) is 0.867. The maximum atomic E-state index is 12.4. The lowest BCUT2D eigenvalue weighted by atomic mass is 9.87. The summed E-state index contributed by atoms with van der Waals surface area (Å²) >= 11 is 0. The zero-order valence-electron chi connectivity index (χ0n) is 13.4. The summed E-state index contributed by atoms with van der Waals surface area (Å²) < 4.78 is 5.47. The highest BCUT2D eigenvalue weighted by atomic mass is 16.5. The number of ether oxygens (including phenoxy) is 1. The number of nitrogens with zero attached hydrogens (tertiary/aromatic N) is 2. The zero-order chi connectivity index (χ0) is 15.5. The number of hydrogen-bond acceptors (Lipinski definition) is 3. The van der Waals surface area contributed by atoms with Gasteiger partial charge in [0.1, 0.15) is 0 Å². The quantitative estimate of drug-likeness (QED) is 0.833. The van der Waals surface area contributed by atoms with E-state index in [0.29, 0.717) is 39.3 Å². The third-order valence-corrected chi connectivity index (χ3v) is 4.39. The lowest BCUT2D eigenvalue weighted by molar-refractivity contribution is -0.139. The zero-order valence-corrected chi connectivity index (χ0v) is 13.4. The van der Waals surface area contributed by atoms with Crippen molar-refractivity contribution in [1.82, 2.24) is 15.1 Å². The van der Waals surface area contributed by atoms with E-state index in [-0.39, 0.29) is 23.5 Å². The van der Waals surface area contributed by atoms with E-state index in [1.165, 1.54) is 0 Å². The summed E-state index contributed by atoms with van der Waals surface area (Å²) in [5.41, 5.74) is -0.255. The highest BCUT2D eigenvalue weighted by molar-refractivity contribution is 5.80. The number of likely N-dealkylation sites (N-methyl/N-ethyl adjacent to an activating group) is 1. The van der Waals surface area contributed by atoms with Crippen molar-refractivity contribution in [2.45, 2.75) is 51.6 Å². The number of amides is 3. The van der Waals surface area contributed by atoms with Gasteiger partial charge in [0.25, 0.3) is 0 Å². The monoisotopic (exact) mass is 297 g/mol. The Morgan fingerprint density at radius 1 is 1.38 bits per heavy atom. The number of urea groups is 1. The second-order valence-electron chi connectivity index (χ2n) is 6.25. The minimum atomic E-state index is -0.255. The predicted octanol–water partition coefficient (Wildman–Crippen LogP) is 1.21. The molecule has 6 heteroatoms. The van der Waals surface area contributed by atoms with Crippen LogP contribution in [0.2, 0.25) is 0 Å². The van der Waals surface area contributed by atoms with Gasteiger partial charge in [0.05, 0.1) is 5.54 Å². The number of nitrogens with one attached hydrogen (secondary N) is 1. The van der Waals surface area contributed by atoms with Crippen LogP contribution in [0.25, 0.3) is 0 Å². The maximum absolute atomic E-state index is 12.4. The van der Waals surface area contributed by atoms with E-state index < -0.39 is 0 Å². The molecular weight excluding hydrogens is 270 g/mol. The van der Waals surface area contributed by atoms with Crippen molar-refractivity contribution in [3.8, 4) is 0 Å². The summed E-state index contributed by atoms with van der Waals surface area (Å²) in [6, 6.07) is 0.0333. The summed E-state index contributed by atoms with van der Waals surface area (Å²) in [7, 11) is 0. The van der Waals surface area contributed by atoms with Crippen molar-refractivity contribution >= 4 is 11.9 Å². The van der Waals surface area contributed by atoms with Crippen molar-refractivity contribution in [1.29, 1.82) is 0 Å². The van der Waals surface area contributed by atoms with Crippen LogP contribution in [0.3, 0.4) is 0 Å². The van der Waals surface area contributed by atoms with Gasteiger partial charge in [-0.05, 0) is 33.6 Å². The van der Waals surface area contributed by atoms with Crippen LogP contribution < -0.4 is 5.32 Å². The molecule has 2 aliphatic heterocycles. The van der Waals surface area contributed by atoms with Gasteiger partial charge in [-0.3, -0.25) is 4.79 Å². The molecule has 0 aromatic rings. The number of hydrogen-bond donors (Lipinski definition) is 1. The van der Waals surface area contributed by atoms with Crippen LogP contribution in [0, 0.1) is 0 Å². The molecular formula is C15H27N3O3. The fourth-order valence-corrected chi connectivity index (χ4v) is 3.35. The molecule has 0 unspecified atom stereocenters. The second-order valence-corrected chi connectivity index (χ2v) is 6.25. The Labute approximate surface area is 126 Å². The molecule has 2 heterocycles. The van der Waals surface area contributed by atoms with E-state index in [1.54, 1.807) is 4.90 Å². The van der Waals surface area contributed by atoms with Gasteiger partial charge in [-0.2, -0.15) is 0 Å². The molecule has 2 fully saturated rings. The fourth-order valence-electron chi connectivity index (χ4n) is 3.35. The first-order chi connectivity index (χ1) is 9.98. The van der Waals surface area contributed by atoms with E-state index in [2.05, 4.69) is 5.32 Å². The van der Waals surface area contributed by atoms with Gasteiger partial charge in [-0.25, -0.2) is 4.79 Å². The average molecular weight is 297 g/mol. The van der Waals surface area contributed by atoms with Gasteiger partial charge in [-0.15, -0.1) is 0 Å². The lowest BCUT2D eigenvalue weighted by Gasteiger charge is -2.46. The van der Waals surface area contributed by atoms with Crippen molar-refractivity contribution in [3.63, 3.8) is 0 Å². The molecule has 0 aliphatic carbocycles. The predicted molar refractivity (Wildman–Crippen MR) is 80.0 cm³/mol. The molecule has 0 aromatic heterocycles. The van der Waals surface area contributed by atoms with E-state index in [1.807, 2.05) is 25.7 Å². The summed E-state index contributed by atoms with van der Waals surface area (Å²) in [5.74, 6) is 0.152. The van der Waals surface area contributed by atoms with Crippen LogP contribution >= 0.6 is 0 Å². The summed E-state index contributed by atoms with van der Waals surface area (Å²) in [5, 5.41) is 2.94. The highest BCUT2D eigenvalue weighted by Crippen LogP contribution is 2.31. The molecule has 2 aliphatic rings. The first-order valence-electron chi connectivity index (χ1n) is 7.92. The number of carbonyl (C=O) groups excluding carboxylic acids is 2. The van der Waals surface area contributed by atoms with Gasteiger partial charge in [0, 0.05) is 45.3 Å². The maximum Gasteiger partial charge on any atom is 0.317 e. The number of rotatable bonds is 2. The lowest BCUT2D eigenvalue weighted by Crippen LogP contribution is -2.59. The molecule has 21 heavy (non-hydrogen) atoms. The SMILES string of the molecule is CCN1C(=O)CCN(C(=O)NC(C)C)CC12CCOCC2. The standard InChI is InChI=1S/C15H27N3O3/c1-4-18-13(19)5-8-17(14(20)16-12(2)3)11-15(18)6-9-21-10-7-15/h12H,4-11H2,1-3H3,(H,16,20). The molecule has 3 amide bonds.